The standard InChI is InChI=1S/C9H17NO/c1-3-4-5-6-7-8-9-10-11-2/h6-7,9H,3-5,8H2,1-2H3. The Morgan fingerprint density at radius 3 is 2.82 bits per heavy atom. The lowest BCUT2D eigenvalue weighted by atomic mass is 10.2. The maximum Gasteiger partial charge on any atom is 0.106 e. The summed E-state index contributed by atoms with van der Waals surface area (Å²) >= 11 is 0. The van der Waals surface area contributed by atoms with Crippen LogP contribution in [0.5, 0.6) is 0 Å². The zero-order valence-corrected chi connectivity index (χ0v) is 7.42. The van der Waals surface area contributed by atoms with Crippen LogP contribution >= 0.6 is 0 Å². The first-order valence-electron chi connectivity index (χ1n) is 4.11. The first-order valence-corrected chi connectivity index (χ1v) is 4.11. The van der Waals surface area contributed by atoms with Gasteiger partial charge < -0.3 is 4.84 Å². The summed E-state index contributed by atoms with van der Waals surface area (Å²) in [6, 6.07) is 0. The molecule has 0 saturated carbocycles. The second-order valence-electron chi connectivity index (χ2n) is 2.32. The maximum atomic E-state index is 4.51. The molecule has 0 aliphatic rings. The van der Waals surface area contributed by atoms with Gasteiger partial charge in [0.1, 0.15) is 7.11 Å². The topological polar surface area (TPSA) is 21.6 Å². The quantitative estimate of drug-likeness (QED) is 0.250. The fraction of sp³-hybridized carbons (Fsp3) is 0.667. The van der Waals surface area contributed by atoms with E-state index in [1.165, 1.54) is 19.3 Å². The van der Waals surface area contributed by atoms with Crippen molar-refractivity contribution < 1.29 is 4.84 Å². The van der Waals surface area contributed by atoms with E-state index in [2.05, 4.69) is 29.1 Å². The molecule has 0 aromatic heterocycles. The number of rotatable bonds is 6. The van der Waals surface area contributed by atoms with Crippen LogP contribution < -0.4 is 0 Å². The molecule has 0 aromatic rings. The van der Waals surface area contributed by atoms with Crippen LogP contribution in [0.1, 0.15) is 32.6 Å². The molecule has 0 bridgehead atoms. The normalized spacial score (nSPS) is 11.5. The van der Waals surface area contributed by atoms with Crippen LogP contribution in [0.3, 0.4) is 0 Å². The van der Waals surface area contributed by atoms with Gasteiger partial charge in [0.15, 0.2) is 0 Å². The van der Waals surface area contributed by atoms with Crippen molar-refractivity contribution in [2.24, 2.45) is 5.16 Å². The van der Waals surface area contributed by atoms with Gasteiger partial charge in [-0.25, -0.2) is 0 Å². The number of hydrogen-bond acceptors (Lipinski definition) is 2. The van der Waals surface area contributed by atoms with Gasteiger partial charge in [-0.15, -0.1) is 0 Å². The molecule has 0 N–H and O–H groups in total. The van der Waals surface area contributed by atoms with E-state index in [1.54, 1.807) is 13.3 Å². The number of hydrogen-bond donors (Lipinski definition) is 0. The summed E-state index contributed by atoms with van der Waals surface area (Å²) in [5.74, 6) is 0. The lowest BCUT2D eigenvalue weighted by Crippen LogP contribution is -1.73. The molecule has 0 aliphatic heterocycles. The van der Waals surface area contributed by atoms with Gasteiger partial charge in [-0.2, -0.15) is 0 Å². The Kier molecular flexibility index (Phi) is 8.55. The van der Waals surface area contributed by atoms with Crippen molar-refractivity contribution in [3.63, 3.8) is 0 Å². The molecule has 0 fully saturated rings. The minimum atomic E-state index is 0.873. The third-order valence-electron chi connectivity index (χ3n) is 1.31. The van der Waals surface area contributed by atoms with Crippen molar-refractivity contribution >= 4 is 6.21 Å². The van der Waals surface area contributed by atoms with Gasteiger partial charge in [0, 0.05) is 12.6 Å². The SMILES string of the molecule is CCCCC=CCC=NOC. The number of allylic oxidation sites excluding steroid dienone is 2. The van der Waals surface area contributed by atoms with Gasteiger partial charge in [-0.3, -0.25) is 0 Å². The van der Waals surface area contributed by atoms with E-state index in [9.17, 15) is 0 Å². The van der Waals surface area contributed by atoms with Crippen LogP contribution in [0.15, 0.2) is 17.3 Å². The molecular formula is C9H17NO. The minimum Gasteiger partial charge on any atom is -0.399 e. The Balaban J connectivity index is 3.09. The summed E-state index contributed by atoms with van der Waals surface area (Å²) in [5.41, 5.74) is 0. The minimum absolute atomic E-state index is 0.873. The van der Waals surface area contributed by atoms with Crippen molar-refractivity contribution in [3.8, 4) is 0 Å². The molecule has 0 heterocycles. The van der Waals surface area contributed by atoms with Crippen LogP contribution in [-0.2, 0) is 4.84 Å². The van der Waals surface area contributed by atoms with E-state index in [0.717, 1.165) is 6.42 Å². The molecule has 0 unspecified atom stereocenters. The third-order valence-corrected chi connectivity index (χ3v) is 1.31. The first kappa shape index (κ1) is 10.2. The summed E-state index contributed by atoms with van der Waals surface area (Å²) in [6.45, 7) is 2.19. The highest BCUT2D eigenvalue weighted by Crippen LogP contribution is 1.95. The van der Waals surface area contributed by atoms with E-state index >= 15 is 0 Å². The van der Waals surface area contributed by atoms with Gasteiger partial charge >= 0.3 is 0 Å². The van der Waals surface area contributed by atoms with E-state index in [4.69, 9.17) is 0 Å². The summed E-state index contributed by atoms with van der Waals surface area (Å²) in [7, 11) is 1.55. The highest BCUT2D eigenvalue weighted by Gasteiger charge is 1.76. The number of nitrogens with zero attached hydrogens (tertiary/aromatic N) is 1. The average Bonchev–Trinajstić information content (AvgIpc) is 2.03. The second kappa shape index (κ2) is 9.21. The second-order valence-corrected chi connectivity index (χ2v) is 2.32. The van der Waals surface area contributed by atoms with Crippen LogP contribution in [0, 0.1) is 0 Å². The molecule has 0 aliphatic carbocycles. The first-order chi connectivity index (χ1) is 5.41. The lowest BCUT2D eigenvalue weighted by molar-refractivity contribution is 0.215. The molecular weight excluding hydrogens is 138 g/mol. The average molecular weight is 155 g/mol. The molecule has 2 nitrogen and oxygen atoms in total. The molecule has 0 rings (SSSR count). The van der Waals surface area contributed by atoms with Crippen molar-refractivity contribution in [1.29, 1.82) is 0 Å². The van der Waals surface area contributed by atoms with Gasteiger partial charge in [0.2, 0.25) is 0 Å². The van der Waals surface area contributed by atoms with E-state index < -0.39 is 0 Å². The number of oxime groups is 1. The molecule has 0 radical (unpaired) electrons. The Bertz CT molecular complexity index is 119. The maximum absolute atomic E-state index is 4.51. The Hall–Kier alpha value is -0.790. The fourth-order valence-electron chi connectivity index (χ4n) is 0.714. The van der Waals surface area contributed by atoms with Crippen LogP contribution in [0.25, 0.3) is 0 Å². The monoisotopic (exact) mass is 155 g/mol. The smallest absolute Gasteiger partial charge is 0.106 e. The Morgan fingerprint density at radius 2 is 2.18 bits per heavy atom. The van der Waals surface area contributed by atoms with Gasteiger partial charge in [-0.1, -0.05) is 37.1 Å². The predicted octanol–water partition coefficient (Wildman–Crippen LogP) is 2.76. The molecule has 0 aromatic carbocycles. The zero-order chi connectivity index (χ0) is 8.36. The molecule has 11 heavy (non-hydrogen) atoms. The molecule has 0 amide bonds. The van der Waals surface area contributed by atoms with Crippen molar-refractivity contribution in [2.75, 3.05) is 7.11 Å². The molecule has 0 saturated heterocycles. The van der Waals surface area contributed by atoms with Gasteiger partial charge in [-0.05, 0) is 6.42 Å². The lowest BCUT2D eigenvalue weighted by Gasteiger charge is -1.87. The van der Waals surface area contributed by atoms with Gasteiger partial charge in [0.05, 0.1) is 0 Å². The highest BCUT2D eigenvalue weighted by atomic mass is 16.6. The fourth-order valence-corrected chi connectivity index (χ4v) is 0.714. The molecule has 64 valence electrons. The van der Waals surface area contributed by atoms with E-state index in [0.29, 0.717) is 0 Å². The van der Waals surface area contributed by atoms with Crippen molar-refractivity contribution in [3.05, 3.63) is 12.2 Å². The van der Waals surface area contributed by atoms with E-state index in [-0.39, 0.29) is 0 Å². The summed E-state index contributed by atoms with van der Waals surface area (Å²) < 4.78 is 0. The zero-order valence-electron chi connectivity index (χ0n) is 7.42. The highest BCUT2D eigenvalue weighted by molar-refractivity contribution is 5.58. The summed E-state index contributed by atoms with van der Waals surface area (Å²) in [4.78, 5) is 4.51. The predicted molar refractivity (Wildman–Crippen MR) is 48.8 cm³/mol. The van der Waals surface area contributed by atoms with Crippen LogP contribution in [0.2, 0.25) is 0 Å². The van der Waals surface area contributed by atoms with Crippen LogP contribution in [0.4, 0.5) is 0 Å². The number of unbranched alkanes of at least 4 members (excludes halogenated alkanes) is 2. The van der Waals surface area contributed by atoms with Gasteiger partial charge in [0.25, 0.3) is 0 Å². The van der Waals surface area contributed by atoms with Crippen LogP contribution in [-0.4, -0.2) is 13.3 Å². The summed E-state index contributed by atoms with van der Waals surface area (Å²) in [5, 5.41) is 3.61. The molecule has 0 atom stereocenters. The molecule has 2 heteroatoms. The van der Waals surface area contributed by atoms with E-state index in [1.807, 2.05) is 0 Å². The van der Waals surface area contributed by atoms with Crippen molar-refractivity contribution in [1.82, 2.24) is 0 Å². The molecule has 0 spiro atoms. The van der Waals surface area contributed by atoms with Crippen molar-refractivity contribution in [2.45, 2.75) is 32.6 Å². The largest absolute Gasteiger partial charge is 0.399 e. The summed E-state index contributed by atoms with van der Waals surface area (Å²) in [6.07, 6.45) is 10.6. The Morgan fingerprint density at radius 1 is 1.36 bits per heavy atom. The third kappa shape index (κ3) is 9.21. The Labute approximate surface area is 68.9 Å².